The molecule has 2 atom stereocenters. The number of hydrogen-bond acceptors (Lipinski definition) is 6. The first kappa shape index (κ1) is 19.1. The van der Waals surface area contributed by atoms with Crippen LogP contribution in [-0.2, 0) is 14.8 Å². The van der Waals surface area contributed by atoms with E-state index in [1.165, 1.54) is 12.1 Å². The summed E-state index contributed by atoms with van der Waals surface area (Å²) in [6.45, 7) is 5.85. The molecule has 0 bridgehead atoms. The highest BCUT2D eigenvalue weighted by molar-refractivity contribution is 14.1. The topological polar surface area (TPSA) is 82.1 Å². The van der Waals surface area contributed by atoms with Gasteiger partial charge in [0.1, 0.15) is 6.04 Å². The van der Waals surface area contributed by atoms with Crippen molar-refractivity contribution < 1.29 is 27.4 Å². The maximum atomic E-state index is 13.2. The molecule has 9 heteroatoms. The summed E-state index contributed by atoms with van der Waals surface area (Å²) in [5, 5.41) is 0. The highest BCUT2D eigenvalue weighted by atomic mass is 127. The number of fused-ring (bicyclic) bond motifs is 1. The van der Waals surface area contributed by atoms with Crippen LogP contribution in [0.15, 0.2) is 57.5 Å². The summed E-state index contributed by atoms with van der Waals surface area (Å²) >= 11 is 1.92. The summed E-state index contributed by atoms with van der Waals surface area (Å²) in [7, 11) is -4.11. The molecule has 2 aromatic rings. The second-order valence-electron chi connectivity index (χ2n) is 6.42. The molecule has 0 spiro atoms. The van der Waals surface area contributed by atoms with E-state index in [1.54, 1.807) is 30.3 Å². The van der Waals surface area contributed by atoms with Gasteiger partial charge in [0, 0.05) is 3.58 Å². The minimum atomic E-state index is -4.11. The number of sulfonamides is 1. The molecule has 0 radical (unpaired) electrons. The van der Waals surface area contributed by atoms with Crippen LogP contribution in [0.1, 0.15) is 17.2 Å². The number of amides is 1. The first-order valence-electron chi connectivity index (χ1n) is 8.34. The largest absolute Gasteiger partial charge is 0.454 e. The molecule has 2 heterocycles. The van der Waals surface area contributed by atoms with E-state index in [-0.39, 0.29) is 11.7 Å². The summed E-state index contributed by atoms with van der Waals surface area (Å²) in [5.74, 6) is 1.10. The molecule has 0 unspecified atom stereocenters. The zero-order valence-corrected chi connectivity index (χ0v) is 17.8. The second kappa shape index (κ2) is 6.96. The Morgan fingerprint density at radius 3 is 2.50 bits per heavy atom. The first-order chi connectivity index (χ1) is 13.3. The van der Waals surface area contributed by atoms with Crippen LogP contribution < -0.4 is 9.47 Å². The molecule has 0 N–H and O–H groups in total. The molecule has 0 aromatic heterocycles. The van der Waals surface area contributed by atoms with E-state index in [1.807, 2.05) is 29.5 Å². The van der Waals surface area contributed by atoms with Crippen LogP contribution in [0.4, 0.5) is 4.79 Å². The van der Waals surface area contributed by atoms with Gasteiger partial charge in [-0.05, 0) is 59.3 Å². The molecule has 4 rings (SSSR count). The van der Waals surface area contributed by atoms with E-state index < -0.39 is 28.3 Å². The zero-order chi connectivity index (χ0) is 20.1. The van der Waals surface area contributed by atoms with Crippen molar-refractivity contribution in [2.75, 3.05) is 6.79 Å². The van der Waals surface area contributed by atoms with Crippen LogP contribution in [0, 0.1) is 6.92 Å². The lowest BCUT2D eigenvalue weighted by Gasteiger charge is -2.24. The second-order valence-corrected chi connectivity index (χ2v) is 9.62. The van der Waals surface area contributed by atoms with Crippen molar-refractivity contribution in [2.45, 2.75) is 24.0 Å². The van der Waals surface area contributed by atoms with E-state index in [0.29, 0.717) is 20.6 Å². The Bertz CT molecular complexity index is 1070. The van der Waals surface area contributed by atoms with Crippen molar-refractivity contribution in [1.82, 2.24) is 4.31 Å². The Morgan fingerprint density at radius 1 is 1.14 bits per heavy atom. The molecule has 0 aliphatic carbocycles. The highest BCUT2D eigenvalue weighted by Crippen LogP contribution is 2.43. The Labute approximate surface area is 176 Å². The van der Waals surface area contributed by atoms with Crippen molar-refractivity contribution in [1.29, 1.82) is 0 Å². The van der Waals surface area contributed by atoms with Crippen LogP contribution in [0.5, 0.6) is 11.5 Å². The SMILES string of the molecule is C=C(I)[C@@H]1[C@@H](c2ccc3c(c2)OCO3)OC(=O)N1S(=O)(=O)c1ccc(C)cc1. The van der Waals surface area contributed by atoms with Crippen LogP contribution in [0.3, 0.4) is 0 Å². The van der Waals surface area contributed by atoms with E-state index in [9.17, 15) is 13.2 Å². The zero-order valence-electron chi connectivity index (χ0n) is 14.8. The van der Waals surface area contributed by atoms with Gasteiger partial charge in [-0.25, -0.2) is 13.2 Å². The first-order valence-corrected chi connectivity index (χ1v) is 10.9. The van der Waals surface area contributed by atoms with Gasteiger partial charge in [0.05, 0.1) is 4.90 Å². The maximum Gasteiger partial charge on any atom is 0.425 e. The normalized spacial score (nSPS) is 20.9. The number of benzene rings is 2. The molecule has 1 saturated heterocycles. The van der Waals surface area contributed by atoms with Gasteiger partial charge in [-0.15, -0.1) is 0 Å². The summed E-state index contributed by atoms with van der Waals surface area (Å²) in [6, 6.07) is 10.5. The Balaban J connectivity index is 1.75. The van der Waals surface area contributed by atoms with Gasteiger partial charge in [-0.1, -0.05) is 30.3 Å². The van der Waals surface area contributed by atoms with Crippen LogP contribution in [0.2, 0.25) is 0 Å². The van der Waals surface area contributed by atoms with Crippen LogP contribution >= 0.6 is 22.6 Å². The number of cyclic esters (lactones) is 1. The molecule has 2 aromatic carbocycles. The van der Waals surface area contributed by atoms with Gasteiger partial charge < -0.3 is 14.2 Å². The molecule has 0 saturated carbocycles. The van der Waals surface area contributed by atoms with Crippen LogP contribution in [-0.4, -0.2) is 31.7 Å². The predicted molar refractivity (Wildman–Crippen MR) is 109 cm³/mol. The van der Waals surface area contributed by atoms with Gasteiger partial charge in [0.2, 0.25) is 6.79 Å². The third-order valence-electron chi connectivity index (χ3n) is 4.57. The van der Waals surface area contributed by atoms with Crippen molar-refractivity contribution in [3.8, 4) is 11.5 Å². The fourth-order valence-corrected chi connectivity index (χ4v) is 5.44. The number of hydrogen-bond donors (Lipinski definition) is 0. The lowest BCUT2D eigenvalue weighted by molar-refractivity contribution is 0.134. The van der Waals surface area contributed by atoms with Gasteiger partial charge in [0.25, 0.3) is 10.0 Å². The molecule has 2 aliphatic heterocycles. The molecule has 7 nitrogen and oxygen atoms in total. The molecule has 146 valence electrons. The number of carbonyl (C=O) groups is 1. The summed E-state index contributed by atoms with van der Waals surface area (Å²) in [6.07, 6.45) is -1.78. The number of rotatable bonds is 4. The summed E-state index contributed by atoms with van der Waals surface area (Å²) in [4.78, 5) is 12.6. The fourth-order valence-electron chi connectivity index (χ4n) is 3.16. The van der Waals surface area contributed by atoms with Crippen molar-refractivity contribution in [2.24, 2.45) is 0 Å². The monoisotopic (exact) mass is 513 g/mol. The standard InChI is InChI=1S/C19H16INO6S/c1-11-3-6-14(7-4-11)28(23,24)21-17(12(2)20)18(27-19(21)22)13-5-8-15-16(9-13)26-10-25-15/h3-9,17-18H,2,10H2,1H3/t17-,18-/m1/s1. The van der Waals surface area contributed by atoms with Crippen molar-refractivity contribution in [3.05, 3.63) is 63.8 Å². The molecular formula is C19H16INO6S. The number of carbonyl (C=O) groups excluding carboxylic acids is 1. The minimum absolute atomic E-state index is 0.0176. The van der Waals surface area contributed by atoms with Crippen molar-refractivity contribution >= 4 is 38.7 Å². The number of nitrogens with zero attached hydrogens (tertiary/aromatic N) is 1. The molecule has 1 amide bonds. The summed E-state index contributed by atoms with van der Waals surface area (Å²) in [5.41, 5.74) is 1.51. The lowest BCUT2D eigenvalue weighted by Crippen LogP contribution is -2.39. The van der Waals surface area contributed by atoms with Gasteiger partial charge in [-0.3, -0.25) is 0 Å². The maximum absolute atomic E-state index is 13.2. The van der Waals surface area contributed by atoms with Gasteiger partial charge in [0.15, 0.2) is 17.6 Å². The Morgan fingerprint density at radius 2 is 1.82 bits per heavy atom. The van der Waals surface area contributed by atoms with E-state index >= 15 is 0 Å². The number of ether oxygens (including phenoxy) is 3. The van der Waals surface area contributed by atoms with E-state index in [2.05, 4.69) is 6.58 Å². The van der Waals surface area contributed by atoms with E-state index in [4.69, 9.17) is 14.2 Å². The summed E-state index contributed by atoms with van der Waals surface area (Å²) < 4.78 is 43.7. The number of halogens is 1. The quantitative estimate of drug-likeness (QED) is 0.577. The van der Waals surface area contributed by atoms with Crippen LogP contribution in [0.25, 0.3) is 0 Å². The third kappa shape index (κ3) is 3.12. The average Bonchev–Trinajstić information content (AvgIpc) is 3.25. The minimum Gasteiger partial charge on any atom is -0.454 e. The third-order valence-corrected chi connectivity index (χ3v) is 6.97. The average molecular weight is 513 g/mol. The molecular weight excluding hydrogens is 497 g/mol. The van der Waals surface area contributed by atoms with Crippen molar-refractivity contribution in [3.63, 3.8) is 0 Å². The Kier molecular flexibility index (Phi) is 4.74. The smallest absolute Gasteiger partial charge is 0.425 e. The van der Waals surface area contributed by atoms with Gasteiger partial charge in [-0.2, -0.15) is 4.31 Å². The predicted octanol–water partition coefficient (Wildman–Crippen LogP) is 3.92. The molecule has 1 fully saturated rings. The Hall–Kier alpha value is -2.27. The molecule has 2 aliphatic rings. The van der Waals surface area contributed by atoms with Gasteiger partial charge >= 0.3 is 6.09 Å². The molecule has 28 heavy (non-hydrogen) atoms. The fraction of sp³-hybridized carbons (Fsp3) is 0.211. The lowest BCUT2D eigenvalue weighted by atomic mass is 10.0. The number of aryl methyl sites for hydroxylation is 1. The van der Waals surface area contributed by atoms with E-state index in [0.717, 1.165) is 9.87 Å². The highest BCUT2D eigenvalue weighted by Gasteiger charge is 2.50.